The molecule has 27 heavy (non-hydrogen) atoms. The third kappa shape index (κ3) is 10.1. The maximum atomic E-state index is 12.1. The Morgan fingerprint density at radius 3 is 2.07 bits per heavy atom. The van der Waals surface area contributed by atoms with Crippen molar-refractivity contribution in [3.63, 3.8) is 0 Å². The van der Waals surface area contributed by atoms with Gasteiger partial charge in [-0.1, -0.05) is 33.1 Å². The molecule has 158 valence electrons. The number of hydrogen-bond donors (Lipinski definition) is 2. The van der Waals surface area contributed by atoms with Crippen LogP contribution in [0.2, 0.25) is 0 Å². The van der Waals surface area contributed by atoms with Crippen molar-refractivity contribution in [3.05, 3.63) is 0 Å². The Morgan fingerprint density at radius 1 is 0.963 bits per heavy atom. The van der Waals surface area contributed by atoms with Crippen molar-refractivity contribution in [1.82, 2.24) is 0 Å². The van der Waals surface area contributed by atoms with Gasteiger partial charge in [-0.2, -0.15) is 0 Å². The Labute approximate surface area is 164 Å². The molecule has 0 heterocycles. The fourth-order valence-corrected chi connectivity index (χ4v) is 3.91. The van der Waals surface area contributed by atoms with E-state index in [-0.39, 0.29) is 23.3 Å². The first-order valence-electron chi connectivity index (χ1n) is 10.6. The van der Waals surface area contributed by atoms with Crippen LogP contribution in [0.25, 0.3) is 0 Å². The van der Waals surface area contributed by atoms with Crippen LogP contribution in [0.5, 0.6) is 0 Å². The fraction of sp³-hybridized carbons (Fsp3) is 0.905. The SMILES string of the molecule is CC(C)C[C@@H](CN)CC(=O)OCCCCOC(=O)CC1(CN)CCCCC1. The van der Waals surface area contributed by atoms with E-state index in [2.05, 4.69) is 13.8 Å². The van der Waals surface area contributed by atoms with E-state index in [0.29, 0.717) is 57.9 Å². The lowest BCUT2D eigenvalue weighted by atomic mass is 9.72. The molecule has 0 amide bonds. The Bertz CT molecular complexity index is 434. The van der Waals surface area contributed by atoms with Crippen molar-refractivity contribution in [1.29, 1.82) is 0 Å². The highest BCUT2D eigenvalue weighted by Crippen LogP contribution is 2.38. The van der Waals surface area contributed by atoms with Gasteiger partial charge in [0, 0.05) is 6.42 Å². The minimum Gasteiger partial charge on any atom is -0.466 e. The average Bonchev–Trinajstić information content (AvgIpc) is 2.64. The second-order valence-electron chi connectivity index (χ2n) is 8.53. The van der Waals surface area contributed by atoms with Gasteiger partial charge < -0.3 is 20.9 Å². The van der Waals surface area contributed by atoms with Crippen LogP contribution in [0, 0.1) is 17.3 Å². The van der Waals surface area contributed by atoms with Crippen molar-refractivity contribution < 1.29 is 19.1 Å². The molecule has 0 saturated heterocycles. The summed E-state index contributed by atoms with van der Waals surface area (Å²) in [6.45, 7) is 6.04. The van der Waals surface area contributed by atoms with E-state index in [4.69, 9.17) is 20.9 Å². The van der Waals surface area contributed by atoms with Crippen LogP contribution in [0.4, 0.5) is 0 Å². The molecule has 0 bridgehead atoms. The van der Waals surface area contributed by atoms with Crippen LogP contribution in [0.3, 0.4) is 0 Å². The second kappa shape index (κ2) is 13.1. The number of unbranched alkanes of at least 4 members (excludes halogenated alkanes) is 1. The molecule has 6 nitrogen and oxygen atoms in total. The molecule has 1 saturated carbocycles. The van der Waals surface area contributed by atoms with Crippen LogP contribution >= 0.6 is 0 Å². The van der Waals surface area contributed by atoms with Crippen molar-refractivity contribution in [2.75, 3.05) is 26.3 Å². The molecule has 0 aromatic heterocycles. The predicted molar refractivity (Wildman–Crippen MR) is 107 cm³/mol. The molecule has 0 aliphatic heterocycles. The largest absolute Gasteiger partial charge is 0.466 e. The number of rotatable bonds is 13. The monoisotopic (exact) mass is 384 g/mol. The summed E-state index contributed by atoms with van der Waals surface area (Å²) >= 11 is 0. The van der Waals surface area contributed by atoms with Gasteiger partial charge in [0.05, 0.1) is 19.6 Å². The summed E-state index contributed by atoms with van der Waals surface area (Å²) in [5.41, 5.74) is 11.6. The summed E-state index contributed by atoms with van der Waals surface area (Å²) in [4.78, 5) is 23.9. The molecule has 1 aliphatic carbocycles. The number of ether oxygens (including phenoxy) is 2. The zero-order chi connectivity index (χ0) is 20.1. The Hall–Kier alpha value is -1.14. The summed E-state index contributed by atoms with van der Waals surface area (Å²) < 4.78 is 10.6. The molecular weight excluding hydrogens is 344 g/mol. The van der Waals surface area contributed by atoms with Crippen molar-refractivity contribution >= 4 is 11.9 Å². The lowest BCUT2D eigenvalue weighted by molar-refractivity contribution is -0.148. The van der Waals surface area contributed by atoms with Crippen LogP contribution < -0.4 is 11.5 Å². The van der Waals surface area contributed by atoms with Gasteiger partial charge in [-0.15, -0.1) is 0 Å². The summed E-state index contributed by atoms with van der Waals surface area (Å²) in [7, 11) is 0. The number of esters is 2. The Morgan fingerprint density at radius 2 is 1.56 bits per heavy atom. The third-order valence-corrected chi connectivity index (χ3v) is 5.52. The summed E-state index contributed by atoms with van der Waals surface area (Å²) in [6, 6.07) is 0. The van der Waals surface area contributed by atoms with E-state index in [1.165, 1.54) is 6.42 Å². The molecule has 0 spiro atoms. The maximum absolute atomic E-state index is 12.1. The number of carbonyl (C=O) groups is 2. The molecule has 1 aliphatic rings. The zero-order valence-corrected chi connectivity index (χ0v) is 17.3. The standard InChI is InChI=1S/C21H40N2O4/c1-17(2)12-18(15-22)13-19(24)26-10-6-7-11-27-20(25)14-21(16-23)8-4-3-5-9-21/h17-18H,3-16,22-23H2,1-2H3/t18-/m1/s1. The Kier molecular flexibility index (Phi) is 11.6. The van der Waals surface area contributed by atoms with Crippen molar-refractivity contribution in [3.8, 4) is 0 Å². The van der Waals surface area contributed by atoms with E-state index >= 15 is 0 Å². The quantitative estimate of drug-likeness (QED) is 0.373. The lowest BCUT2D eigenvalue weighted by Crippen LogP contribution is -2.35. The van der Waals surface area contributed by atoms with Crippen LogP contribution in [0.1, 0.15) is 78.1 Å². The molecule has 1 fully saturated rings. The molecule has 0 aromatic carbocycles. The van der Waals surface area contributed by atoms with Gasteiger partial charge in [0.15, 0.2) is 0 Å². The summed E-state index contributed by atoms with van der Waals surface area (Å²) in [6.07, 6.45) is 8.71. The van der Waals surface area contributed by atoms with Gasteiger partial charge in [0.25, 0.3) is 0 Å². The van der Waals surface area contributed by atoms with Gasteiger partial charge in [-0.25, -0.2) is 0 Å². The average molecular weight is 385 g/mol. The smallest absolute Gasteiger partial charge is 0.306 e. The van der Waals surface area contributed by atoms with Gasteiger partial charge in [-0.05, 0) is 62.4 Å². The molecule has 0 unspecified atom stereocenters. The van der Waals surface area contributed by atoms with E-state index in [9.17, 15) is 9.59 Å². The first-order valence-corrected chi connectivity index (χ1v) is 10.6. The van der Waals surface area contributed by atoms with Gasteiger partial charge in [0.1, 0.15) is 0 Å². The van der Waals surface area contributed by atoms with E-state index < -0.39 is 0 Å². The first kappa shape index (κ1) is 23.9. The molecular formula is C21H40N2O4. The van der Waals surface area contributed by atoms with Gasteiger partial charge in [-0.3, -0.25) is 9.59 Å². The summed E-state index contributed by atoms with van der Waals surface area (Å²) in [5, 5.41) is 0. The number of hydrogen-bond acceptors (Lipinski definition) is 6. The maximum Gasteiger partial charge on any atom is 0.306 e. The molecule has 1 rings (SSSR count). The summed E-state index contributed by atoms with van der Waals surface area (Å²) in [5.74, 6) is 0.366. The molecule has 6 heteroatoms. The normalized spacial score (nSPS) is 17.5. The molecule has 4 N–H and O–H groups in total. The third-order valence-electron chi connectivity index (χ3n) is 5.52. The predicted octanol–water partition coefficient (Wildman–Crippen LogP) is 3.16. The first-order chi connectivity index (χ1) is 12.9. The van der Waals surface area contributed by atoms with Gasteiger partial charge in [0.2, 0.25) is 0 Å². The second-order valence-corrected chi connectivity index (χ2v) is 8.53. The minimum atomic E-state index is -0.190. The van der Waals surface area contributed by atoms with E-state index in [1.54, 1.807) is 0 Å². The minimum absolute atomic E-state index is 0.0552. The van der Waals surface area contributed by atoms with Crippen molar-refractivity contribution in [2.45, 2.75) is 78.1 Å². The highest BCUT2D eigenvalue weighted by Gasteiger charge is 2.33. The number of nitrogens with two attached hydrogens (primary N) is 2. The fourth-order valence-electron chi connectivity index (χ4n) is 3.91. The zero-order valence-electron chi connectivity index (χ0n) is 17.3. The van der Waals surface area contributed by atoms with E-state index in [0.717, 1.165) is 32.1 Å². The topological polar surface area (TPSA) is 105 Å². The molecule has 1 atom stereocenters. The molecule has 0 radical (unpaired) electrons. The number of carbonyl (C=O) groups excluding carboxylic acids is 2. The Balaban J connectivity index is 2.10. The van der Waals surface area contributed by atoms with Crippen LogP contribution in [-0.2, 0) is 19.1 Å². The lowest BCUT2D eigenvalue weighted by Gasteiger charge is -2.35. The highest BCUT2D eigenvalue weighted by molar-refractivity contribution is 5.70. The van der Waals surface area contributed by atoms with Crippen LogP contribution in [-0.4, -0.2) is 38.2 Å². The van der Waals surface area contributed by atoms with Crippen molar-refractivity contribution in [2.24, 2.45) is 28.7 Å². The van der Waals surface area contributed by atoms with E-state index in [1.807, 2.05) is 0 Å². The van der Waals surface area contributed by atoms with Gasteiger partial charge >= 0.3 is 11.9 Å². The van der Waals surface area contributed by atoms with Crippen LogP contribution in [0.15, 0.2) is 0 Å². The highest BCUT2D eigenvalue weighted by atomic mass is 16.5. The molecule has 0 aromatic rings.